The Morgan fingerprint density at radius 2 is 1.94 bits per heavy atom. The Balaban J connectivity index is 1.85. The Morgan fingerprint density at radius 1 is 1.33 bits per heavy atom. The summed E-state index contributed by atoms with van der Waals surface area (Å²) in [5.41, 5.74) is 4.48. The summed E-state index contributed by atoms with van der Waals surface area (Å²) in [6, 6.07) is 0. The van der Waals surface area contributed by atoms with Crippen LogP contribution in [0.25, 0.3) is 0 Å². The molecule has 2 atom stereocenters. The van der Waals surface area contributed by atoms with Crippen molar-refractivity contribution in [3.05, 3.63) is 0 Å². The maximum Gasteiger partial charge on any atom is 0.186 e. The third-order valence-corrected chi connectivity index (χ3v) is 4.64. The summed E-state index contributed by atoms with van der Waals surface area (Å²) in [4.78, 5) is 5.18. The van der Waals surface area contributed by atoms with Crippen molar-refractivity contribution in [1.29, 1.82) is 0 Å². The molecule has 4 saturated heterocycles. The zero-order valence-electron chi connectivity index (χ0n) is 11.1. The minimum atomic E-state index is 0.189. The molecule has 5 nitrogen and oxygen atoms in total. The van der Waals surface area contributed by atoms with Crippen molar-refractivity contribution in [2.24, 2.45) is 16.4 Å². The summed E-state index contributed by atoms with van der Waals surface area (Å²) in [7, 11) is 1.82. The number of hydrogen-bond donors (Lipinski definition) is 2. The fourth-order valence-electron chi connectivity index (χ4n) is 3.69. The van der Waals surface area contributed by atoms with Crippen LogP contribution in [0, 0.1) is 11.3 Å². The Kier molecular flexibility index (Phi) is 3.03. The number of nitrogens with zero attached hydrogens (tertiary/aromatic N) is 3. The highest BCUT2D eigenvalue weighted by Crippen LogP contribution is 2.37. The number of piperidine rings is 2. The maximum absolute atomic E-state index is 5.10. The number of rotatable bonds is 1. The Labute approximate surface area is 114 Å². The second-order valence-electron chi connectivity index (χ2n) is 5.92. The molecule has 0 aromatic carbocycles. The zero-order chi connectivity index (χ0) is 12.8. The van der Waals surface area contributed by atoms with Crippen LogP contribution in [0.3, 0.4) is 0 Å². The van der Waals surface area contributed by atoms with Crippen LogP contribution in [-0.4, -0.2) is 66.9 Å². The van der Waals surface area contributed by atoms with Gasteiger partial charge in [0, 0.05) is 57.6 Å². The number of nitrogens with one attached hydrogen (secondary N) is 2. The van der Waals surface area contributed by atoms with Gasteiger partial charge in [-0.3, -0.25) is 5.43 Å². The van der Waals surface area contributed by atoms with Gasteiger partial charge in [0.05, 0.1) is 5.71 Å². The van der Waals surface area contributed by atoms with Crippen molar-refractivity contribution in [3.63, 3.8) is 0 Å². The van der Waals surface area contributed by atoms with E-state index in [0.29, 0.717) is 11.0 Å². The lowest BCUT2D eigenvalue weighted by Gasteiger charge is -2.48. The number of fused-ring (bicyclic) bond motifs is 1. The molecule has 4 bridgehead atoms. The molecule has 2 unspecified atom stereocenters. The van der Waals surface area contributed by atoms with Crippen LogP contribution in [0.1, 0.15) is 6.92 Å². The molecule has 2 N–H and O–H groups in total. The second kappa shape index (κ2) is 4.43. The van der Waals surface area contributed by atoms with Crippen molar-refractivity contribution in [1.82, 2.24) is 20.5 Å². The molecule has 18 heavy (non-hydrogen) atoms. The highest BCUT2D eigenvalue weighted by atomic mass is 32.1. The predicted molar refractivity (Wildman–Crippen MR) is 76.7 cm³/mol. The lowest BCUT2D eigenvalue weighted by atomic mass is 9.72. The highest BCUT2D eigenvalue weighted by Gasteiger charge is 2.49. The average molecular weight is 267 g/mol. The number of hydrazone groups is 1. The summed E-state index contributed by atoms with van der Waals surface area (Å²) in [6.07, 6.45) is 0. The molecule has 0 aromatic heterocycles. The third-order valence-electron chi connectivity index (χ3n) is 4.34. The molecule has 100 valence electrons. The van der Waals surface area contributed by atoms with Gasteiger partial charge >= 0.3 is 0 Å². The van der Waals surface area contributed by atoms with E-state index in [-0.39, 0.29) is 5.41 Å². The van der Waals surface area contributed by atoms with Gasteiger partial charge in [0.15, 0.2) is 5.11 Å². The first-order valence-electron chi connectivity index (χ1n) is 6.61. The molecule has 0 spiro atoms. The van der Waals surface area contributed by atoms with Crippen LogP contribution in [0.5, 0.6) is 0 Å². The first kappa shape index (κ1) is 12.3. The largest absolute Gasteiger partial charge is 0.364 e. The molecule has 4 fully saturated rings. The molecule has 0 aromatic rings. The lowest BCUT2D eigenvalue weighted by Crippen LogP contribution is -2.60. The van der Waals surface area contributed by atoms with Gasteiger partial charge in [-0.25, -0.2) is 0 Å². The topological polar surface area (TPSA) is 42.9 Å². The van der Waals surface area contributed by atoms with Gasteiger partial charge in [-0.15, -0.1) is 0 Å². The summed E-state index contributed by atoms with van der Waals surface area (Å²) >= 11 is 5.10. The minimum Gasteiger partial charge on any atom is -0.364 e. The lowest BCUT2D eigenvalue weighted by molar-refractivity contribution is 0.130. The van der Waals surface area contributed by atoms with E-state index >= 15 is 0 Å². The molecule has 4 aliphatic heterocycles. The molecular formula is C12H21N5S. The smallest absolute Gasteiger partial charge is 0.186 e. The van der Waals surface area contributed by atoms with Crippen molar-refractivity contribution in [2.45, 2.75) is 6.92 Å². The summed E-state index contributed by atoms with van der Waals surface area (Å²) in [6.45, 7) is 9.33. The quantitative estimate of drug-likeness (QED) is 0.505. The number of thiocarbonyl (C=S) groups is 1. The average Bonchev–Trinajstić information content (AvgIpc) is 2.55. The van der Waals surface area contributed by atoms with Crippen LogP contribution in [-0.2, 0) is 0 Å². The fourth-order valence-corrected chi connectivity index (χ4v) is 3.74. The van der Waals surface area contributed by atoms with Crippen LogP contribution in [0.15, 0.2) is 5.10 Å². The van der Waals surface area contributed by atoms with E-state index in [0.717, 1.165) is 26.2 Å². The van der Waals surface area contributed by atoms with Gasteiger partial charge in [0.25, 0.3) is 0 Å². The predicted octanol–water partition coefficient (Wildman–Crippen LogP) is -0.296. The molecule has 0 aliphatic carbocycles. The van der Waals surface area contributed by atoms with E-state index in [1.165, 1.54) is 18.8 Å². The third kappa shape index (κ3) is 2.02. The van der Waals surface area contributed by atoms with E-state index in [1.807, 2.05) is 7.05 Å². The second-order valence-corrected chi connectivity index (χ2v) is 6.32. The fraction of sp³-hybridized carbons (Fsp3) is 0.833. The Hall–Kier alpha value is -0.720. The normalized spacial score (nSPS) is 43.9. The monoisotopic (exact) mass is 267 g/mol. The van der Waals surface area contributed by atoms with Crippen molar-refractivity contribution < 1.29 is 0 Å². The van der Waals surface area contributed by atoms with Crippen molar-refractivity contribution in [2.75, 3.05) is 46.3 Å². The Bertz CT molecular complexity index is 378. The number of hydrogen-bond acceptors (Lipinski definition) is 4. The molecule has 0 radical (unpaired) electrons. The van der Waals surface area contributed by atoms with Gasteiger partial charge in [0.2, 0.25) is 0 Å². The molecule has 6 heteroatoms. The minimum absolute atomic E-state index is 0.189. The van der Waals surface area contributed by atoms with Gasteiger partial charge in [-0.1, -0.05) is 6.92 Å². The molecule has 0 saturated carbocycles. The van der Waals surface area contributed by atoms with E-state index in [1.54, 1.807) is 0 Å². The van der Waals surface area contributed by atoms with E-state index < -0.39 is 0 Å². The van der Waals surface area contributed by atoms with Crippen LogP contribution in [0.4, 0.5) is 0 Å². The van der Waals surface area contributed by atoms with Gasteiger partial charge in [-0.05, 0) is 12.2 Å². The van der Waals surface area contributed by atoms with Crippen LogP contribution < -0.4 is 10.7 Å². The van der Waals surface area contributed by atoms with Crippen molar-refractivity contribution >= 4 is 23.0 Å². The first-order valence-corrected chi connectivity index (χ1v) is 7.02. The first-order chi connectivity index (χ1) is 8.60. The van der Waals surface area contributed by atoms with Crippen LogP contribution >= 0.6 is 12.2 Å². The highest BCUT2D eigenvalue weighted by molar-refractivity contribution is 7.80. The standard InChI is InChI=1S/C12H21N5S/c1-12-7-16-3-4-17(8-12)6-9(5-16)10(12)14-15-11(18)13-2/h9H,3-8H2,1-2H3,(H2,13,15,18). The van der Waals surface area contributed by atoms with Gasteiger partial charge < -0.3 is 15.1 Å². The summed E-state index contributed by atoms with van der Waals surface area (Å²) in [5.74, 6) is 0.562. The van der Waals surface area contributed by atoms with E-state index in [2.05, 4.69) is 32.6 Å². The summed E-state index contributed by atoms with van der Waals surface area (Å²) < 4.78 is 0. The molecule has 4 aliphatic rings. The van der Waals surface area contributed by atoms with Crippen LogP contribution in [0.2, 0.25) is 0 Å². The SMILES string of the molecule is CNC(=S)NN=C1C2CN3CCN(C2)CC1(C)C3. The molecule has 0 amide bonds. The Morgan fingerprint density at radius 3 is 2.44 bits per heavy atom. The van der Waals surface area contributed by atoms with E-state index in [9.17, 15) is 0 Å². The molecular weight excluding hydrogens is 246 g/mol. The van der Waals surface area contributed by atoms with E-state index in [4.69, 9.17) is 12.2 Å². The van der Waals surface area contributed by atoms with Crippen molar-refractivity contribution in [3.8, 4) is 0 Å². The molecule has 4 rings (SSSR count). The van der Waals surface area contributed by atoms with Gasteiger partial charge in [-0.2, -0.15) is 5.10 Å². The summed E-state index contributed by atoms with van der Waals surface area (Å²) in [5, 5.41) is 8.12. The maximum atomic E-state index is 5.10. The molecule has 4 heterocycles. The van der Waals surface area contributed by atoms with Gasteiger partial charge in [0.1, 0.15) is 0 Å². The zero-order valence-corrected chi connectivity index (χ0v) is 11.9.